The van der Waals surface area contributed by atoms with Gasteiger partial charge in [0, 0.05) is 4.88 Å². The Morgan fingerprint density at radius 2 is 2.18 bits per heavy atom. The Kier molecular flexibility index (Phi) is 3.24. The van der Waals surface area contributed by atoms with Gasteiger partial charge in [-0.3, -0.25) is 4.40 Å². The van der Waals surface area contributed by atoms with E-state index in [1.807, 2.05) is 15.7 Å². The zero-order valence-electron chi connectivity index (χ0n) is 13.4. The van der Waals surface area contributed by atoms with Gasteiger partial charge in [0.25, 0.3) is 0 Å². The van der Waals surface area contributed by atoms with E-state index in [0.29, 0.717) is 5.41 Å². The topological polar surface area (TPSA) is 43.1 Å². The summed E-state index contributed by atoms with van der Waals surface area (Å²) in [5, 5.41) is 10.7. The minimum absolute atomic E-state index is 0.371. The Hall–Kier alpha value is -1.14. The zero-order valence-corrected chi connectivity index (χ0v) is 15.0. The number of thioether (sulfide) groups is 1. The van der Waals surface area contributed by atoms with Gasteiger partial charge in [0.15, 0.2) is 10.8 Å². The normalized spacial score (nSPS) is 19.0. The molecule has 0 aliphatic heterocycles. The van der Waals surface area contributed by atoms with E-state index >= 15 is 0 Å². The SMILES string of the molecule is CSc1nc2sc3c(c2c2nncn12)CC[C@H](C(C)(C)C)C3. The molecule has 3 aromatic heterocycles. The zero-order chi connectivity index (χ0) is 15.5. The lowest BCUT2D eigenvalue weighted by atomic mass is 9.72. The van der Waals surface area contributed by atoms with Crippen LogP contribution in [0.2, 0.25) is 0 Å². The fourth-order valence-corrected chi connectivity index (χ4v) is 5.31. The minimum Gasteiger partial charge on any atom is -0.259 e. The number of hydrogen-bond acceptors (Lipinski definition) is 5. The van der Waals surface area contributed by atoms with Crippen molar-refractivity contribution in [2.75, 3.05) is 6.26 Å². The van der Waals surface area contributed by atoms with Gasteiger partial charge >= 0.3 is 0 Å². The predicted octanol–water partition coefficient (Wildman–Crippen LogP) is 4.21. The Bertz CT molecular complexity index is 856. The third-order valence-corrected chi connectivity index (χ3v) is 6.63. The third kappa shape index (κ3) is 2.07. The first-order valence-electron chi connectivity index (χ1n) is 7.67. The molecule has 3 aromatic rings. The first-order valence-corrected chi connectivity index (χ1v) is 9.71. The molecule has 0 aromatic carbocycles. The molecule has 0 radical (unpaired) electrons. The average molecular weight is 332 g/mol. The molecular formula is C16H20N4S2. The number of rotatable bonds is 1. The van der Waals surface area contributed by atoms with Crippen LogP contribution in [0.15, 0.2) is 11.5 Å². The van der Waals surface area contributed by atoms with E-state index in [1.165, 1.54) is 28.7 Å². The van der Waals surface area contributed by atoms with Gasteiger partial charge in [-0.25, -0.2) is 4.98 Å². The van der Waals surface area contributed by atoms with Gasteiger partial charge in [-0.1, -0.05) is 32.5 Å². The van der Waals surface area contributed by atoms with Gasteiger partial charge in [-0.15, -0.1) is 21.5 Å². The number of aryl methyl sites for hydroxylation is 1. The Labute approximate surface area is 138 Å². The highest BCUT2D eigenvalue weighted by atomic mass is 32.2. The molecule has 0 amide bonds. The monoisotopic (exact) mass is 332 g/mol. The highest BCUT2D eigenvalue weighted by molar-refractivity contribution is 7.98. The molecule has 1 atom stereocenters. The minimum atomic E-state index is 0.371. The van der Waals surface area contributed by atoms with Gasteiger partial charge in [0.2, 0.25) is 0 Å². The summed E-state index contributed by atoms with van der Waals surface area (Å²) in [6.07, 6.45) is 7.40. The van der Waals surface area contributed by atoms with Crippen molar-refractivity contribution < 1.29 is 0 Å². The summed E-state index contributed by atoms with van der Waals surface area (Å²) in [6, 6.07) is 0. The molecule has 3 heterocycles. The van der Waals surface area contributed by atoms with E-state index in [1.54, 1.807) is 18.1 Å². The van der Waals surface area contributed by atoms with Crippen LogP contribution in [0, 0.1) is 11.3 Å². The van der Waals surface area contributed by atoms with Crippen LogP contribution < -0.4 is 0 Å². The van der Waals surface area contributed by atoms with E-state index in [2.05, 4.69) is 37.2 Å². The number of hydrogen-bond donors (Lipinski definition) is 0. The molecule has 1 aliphatic rings. The molecule has 116 valence electrons. The van der Waals surface area contributed by atoms with Crippen LogP contribution in [0.1, 0.15) is 37.6 Å². The second-order valence-electron chi connectivity index (χ2n) is 7.11. The van der Waals surface area contributed by atoms with Crippen molar-refractivity contribution in [3.05, 3.63) is 16.8 Å². The van der Waals surface area contributed by atoms with E-state index in [9.17, 15) is 0 Å². The van der Waals surface area contributed by atoms with Gasteiger partial charge in [0.05, 0.1) is 5.39 Å². The second kappa shape index (κ2) is 4.93. The molecule has 0 spiro atoms. The number of aromatic nitrogens is 4. The Morgan fingerprint density at radius 1 is 1.36 bits per heavy atom. The average Bonchev–Trinajstić information content (AvgIpc) is 3.07. The fourth-order valence-electron chi connectivity index (χ4n) is 3.45. The molecule has 6 heteroatoms. The van der Waals surface area contributed by atoms with Crippen molar-refractivity contribution >= 4 is 39.0 Å². The summed E-state index contributed by atoms with van der Waals surface area (Å²) in [6.45, 7) is 7.07. The smallest absolute Gasteiger partial charge is 0.176 e. The largest absolute Gasteiger partial charge is 0.259 e. The summed E-state index contributed by atoms with van der Waals surface area (Å²) in [5.41, 5.74) is 2.82. The summed E-state index contributed by atoms with van der Waals surface area (Å²) in [5.74, 6) is 0.752. The standard InChI is InChI=1S/C16H20N4S2/c1-16(2,3)9-5-6-10-11(7-9)22-14-12(10)13-19-17-8-20(13)15(18-14)21-4/h8-9H,5-7H2,1-4H3/t9-/m0/s1. The fraction of sp³-hybridized carbons (Fsp3) is 0.562. The van der Waals surface area contributed by atoms with Gasteiger partial charge in [-0.05, 0) is 42.4 Å². The highest BCUT2D eigenvalue weighted by Crippen LogP contribution is 2.44. The highest BCUT2D eigenvalue weighted by Gasteiger charge is 2.31. The summed E-state index contributed by atoms with van der Waals surface area (Å²) >= 11 is 3.51. The third-order valence-electron chi connectivity index (χ3n) is 4.83. The van der Waals surface area contributed by atoms with Crippen LogP contribution in [0.3, 0.4) is 0 Å². The van der Waals surface area contributed by atoms with Crippen molar-refractivity contribution in [2.45, 2.75) is 45.2 Å². The number of fused-ring (bicyclic) bond motifs is 5. The van der Waals surface area contributed by atoms with Crippen LogP contribution in [0.25, 0.3) is 15.9 Å². The molecule has 0 bridgehead atoms. The van der Waals surface area contributed by atoms with E-state index < -0.39 is 0 Å². The Morgan fingerprint density at radius 3 is 2.91 bits per heavy atom. The molecule has 4 rings (SSSR count). The second-order valence-corrected chi connectivity index (χ2v) is 8.97. The van der Waals surface area contributed by atoms with Crippen LogP contribution in [-0.2, 0) is 12.8 Å². The van der Waals surface area contributed by atoms with Gasteiger partial charge in [0.1, 0.15) is 11.2 Å². The van der Waals surface area contributed by atoms with Gasteiger partial charge < -0.3 is 0 Å². The maximum absolute atomic E-state index is 4.85. The Balaban J connectivity index is 1.93. The molecule has 0 unspecified atom stereocenters. The molecule has 22 heavy (non-hydrogen) atoms. The quantitative estimate of drug-likeness (QED) is 0.494. The summed E-state index contributed by atoms with van der Waals surface area (Å²) in [4.78, 5) is 7.49. The first-order chi connectivity index (χ1) is 10.5. The number of thiophene rings is 1. The summed E-state index contributed by atoms with van der Waals surface area (Å²) in [7, 11) is 0. The lowest BCUT2D eigenvalue weighted by Gasteiger charge is -2.33. The lowest BCUT2D eigenvalue weighted by Crippen LogP contribution is -2.26. The maximum Gasteiger partial charge on any atom is 0.176 e. The van der Waals surface area contributed by atoms with Gasteiger partial charge in [-0.2, -0.15) is 0 Å². The van der Waals surface area contributed by atoms with Crippen LogP contribution >= 0.6 is 23.1 Å². The summed E-state index contributed by atoms with van der Waals surface area (Å²) < 4.78 is 2.02. The molecule has 4 nitrogen and oxygen atoms in total. The van der Waals surface area contributed by atoms with Crippen molar-refractivity contribution in [1.82, 2.24) is 19.6 Å². The first kappa shape index (κ1) is 14.5. The molecule has 0 saturated heterocycles. The van der Waals surface area contributed by atoms with Crippen molar-refractivity contribution in [3.8, 4) is 0 Å². The van der Waals surface area contributed by atoms with Crippen molar-refractivity contribution in [1.29, 1.82) is 0 Å². The predicted molar refractivity (Wildman–Crippen MR) is 92.9 cm³/mol. The van der Waals surface area contributed by atoms with Crippen LogP contribution in [-0.4, -0.2) is 25.8 Å². The molecule has 1 aliphatic carbocycles. The van der Waals surface area contributed by atoms with E-state index in [4.69, 9.17) is 4.98 Å². The van der Waals surface area contributed by atoms with E-state index in [0.717, 1.165) is 28.0 Å². The van der Waals surface area contributed by atoms with E-state index in [-0.39, 0.29) is 0 Å². The number of nitrogens with zero attached hydrogens (tertiary/aromatic N) is 4. The molecule has 0 fully saturated rings. The molecule has 0 saturated carbocycles. The molecule has 0 N–H and O–H groups in total. The van der Waals surface area contributed by atoms with Crippen molar-refractivity contribution in [2.24, 2.45) is 11.3 Å². The maximum atomic E-state index is 4.85. The molecular weight excluding hydrogens is 312 g/mol. The van der Waals surface area contributed by atoms with Crippen LogP contribution in [0.4, 0.5) is 0 Å². The van der Waals surface area contributed by atoms with Crippen molar-refractivity contribution in [3.63, 3.8) is 0 Å². The van der Waals surface area contributed by atoms with Crippen LogP contribution in [0.5, 0.6) is 0 Å². The lowest BCUT2D eigenvalue weighted by molar-refractivity contribution is 0.218.